The highest BCUT2D eigenvalue weighted by molar-refractivity contribution is 5.95. The molecule has 2 heterocycles. The van der Waals surface area contributed by atoms with E-state index in [1.165, 1.54) is 0 Å². The number of para-hydroxylation sites is 1. The van der Waals surface area contributed by atoms with Crippen molar-refractivity contribution in [1.29, 1.82) is 0 Å². The lowest BCUT2D eigenvalue weighted by Crippen LogP contribution is -2.50. The quantitative estimate of drug-likeness (QED) is 0.588. The number of aromatic amines is 1. The largest absolute Gasteiger partial charge is 0.390 e. The van der Waals surface area contributed by atoms with Crippen LogP contribution in [0.4, 0.5) is 10.1 Å². The number of H-pyrrole nitrogens is 1. The number of fused-ring (bicyclic) bond motifs is 2. The normalized spacial score (nSPS) is 21.8. The maximum atomic E-state index is 15.3. The predicted molar refractivity (Wildman–Crippen MR) is 101 cm³/mol. The van der Waals surface area contributed by atoms with Gasteiger partial charge in [0.05, 0.1) is 17.2 Å². The van der Waals surface area contributed by atoms with Crippen LogP contribution in [-0.2, 0) is 0 Å². The highest BCUT2D eigenvalue weighted by Gasteiger charge is 2.40. The van der Waals surface area contributed by atoms with Crippen LogP contribution < -0.4 is 5.32 Å². The number of aromatic nitrogens is 1. The Morgan fingerprint density at radius 2 is 1.92 bits per heavy atom. The molecule has 2 atom stereocenters. The molecular formula is C21H23FN2O. The molecule has 1 aliphatic heterocycles. The second kappa shape index (κ2) is 5.33. The number of halogens is 1. The number of hydrogen-bond acceptors (Lipinski definition) is 2. The van der Waals surface area contributed by atoms with Crippen molar-refractivity contribution >= 4 is 16.6 Å². The van der Waals surface area contributed by atoms with Crippen LogP contribution in [0.25, 0.3) is 22.0 Å². The lowest BCUT2D eigenvalue weighted by atomic mass is 9.77. The second-order valence-electron chi connectivity index (χ2n) is 7.66. The fraction of sp³-hybridized carbons (Fsp3) is 0.333. The predicted octanol–water partition coefficient (Wildman–Crippen LogP) is 4.95. The number of aliphatic hydroxyl groups is 1. The Bertz CT molecular complexity index is 973. The van der Waals surface area contributed by atoms with Crippen molar-refractivity contribution in [2.75, 3.05) is 5.32 Å². The topological polar surface area (TPSA) is 48.0 Å². The second-order valence-corrected chi connectivity index (χ2v) is 7.66. The summed E-state index contributed by atoms with van der Waals surface area (Å²) in [5.74, 6) is -0.292. The van der Waals surface area contributed by atoms with Crippen molar-refractivity contribution < 1.29 is 9.50 Å². The molecule has 3 N–H and O–H groups in total. The summed E-state index contributed by atoms with van der Waals surface area (Å²) < 4.78 is 15.3. The van der Waals surface area contributed by atoms with E-state index in [1.807, 2.05) is 57.3 Å². The number of nitrogens with one attached hydrogen (secondary N) is 2. The third kappa shape index (κ3) is 2.28. The molecule has 4 heteroatoms. The van der Waals surface area contributed by atoms with E-state index in [2.05, 4.69) is 10.3 Å². The minimum Gasteiger partial charge on any atom is -0.390 e. The van der Waals surface area contributed by atoms with Crippen LogP contribution in [0.1, 0.15) is 37.8 Å². The van der Waals surface area contributed by atoms with Gasteiger partial charge in [0.2, 0.25) is 0 Å². The van der Waals surface area contributed by atoms with Crippen molar-refractivity contribution in [1.82, 2.24) is 4.98 Å². The Balaban J connectivity index is 1.99. The summed E-state index contributed by atoms with van der Waals surface area (Å²) in [5, 5.41) is 15.0. The van der Waals surface area contributed by atoms with Gasteiger partial charge in [0.1, 0.15) is 5.82 Å². The van der Waals surface area contributed by atoms with Gasteiger partial charge in [-0.3, -0.25) is 0 Å². The first-order valence-electron chi connectivity index (χ1n) is 8.67. The Morgan fingerprint density at radius 3 is 2.68 bits per heavy atom. The first-order chi connectivity index (χ1) is 11.8. The van der Waals surface area contributed by atoms with Gasteiger partial charge in [-0.1, -0.05) is 25.1 Å². The zero-order valence-electron chi connectivity index (χ0n) is 14.9. The molecule has 4 rings (SSSR count). The lowest BCUT2D eigenvalue weighted by molar-refractivity contribution is 0.0868. The van der Waals surface area contributed by atoms with Crippen molar-refractivity contribution in [3.05, 3.63) is 53.5 Å². The van der Waals surface area contributed by atoms with Crippen molar-refractivity contribution in [3.63, 3.8) is 0 Å². The van der Waals surface area contributed by atoms with Crippen LogP contribution in [0.3, 0.4) is 0 Å². The summed E-state index contributed by atoms with van der Waals surface area (Å²) >= 11 is 0. The fourth-order valence-corrected chi connectivity index (χ4v) is 4.04. The summed E-state index contributed by atoms with van der Waals surface area (Å²) in [7, 11) is 0. The van der Waals surface area contributed by atoms with Crippen LogP contribution in [0.2, 0.25) is 0 Å². The highest BCUT2D eigenvalue weighted by Crippen LogP contribution is 2.44. The molecule has 130 valence electrons. The van der Waals surface area contributed by atoms with Crippen LogP contribution in [-0.4, -0.2) is 21.7 Å². The molecule has 3 aromatic rings. The Morgan fingerprint density at radius 1 is 1.16 bits per heavy atom. The molecule has 0 spiro atoms. The Hall–Kier alpha value is -2.33. The molecule has 0 bridgehead atoms. The molecule has 0 radical (unpaired) electrons. The molecular weight excluding hydrogens is 315 g/mol. The maximum Gasteiger partial charge on any atom is 0.136 e. The molecule has 0 aliphatic carbocycles. The first-order valence-corrected chi connectivity index (χ1v) is 8.67. The standard InChI is InChI=1S/C21H23FN2O/c1-11-15-10-16(14-7-5-6-13-8-9-23-19(13)14)17(22)12(2)18(15)24-21(3,4)20(11)25/h5-11,20,23-25H,1-4H3. The smallest absolute Gasteiger partial charge is 0.136 e. The van der Waals surface area contributed by atoms with Crippen LogP contribution in [0.15, 0.2) is 36.5 Å². The minimum atomic E-state index is -0.543. The first kappa shape index (κ1) is 16.2. The molecule has 3 nitrogen and oxygen atoms in total. The van der Waals surface area contributed by atoms with Crippen molar-refractivity contribution in [2.24, 2.45) is 0 Å². The third-order valence-electron chi connectivity index (χ3n) is 5.56. The lowest BCUT2D eigenvalue weighted by Gasteiger charge is -2.43. The van der Waals surface area contributed by atoms with Gasteiger partial charge in [0.15, 0.2) is 0 Å². The number of aliphatic hydroxyl groups excluding tert-OH is 1. The van der Waals surface area contributed by atoms with Gasteiger partial charge in [-0.05, 0) is 43.9 Å². The van der Waals surface area contributed by atoms with E-state index < -0.39 is 11.6 Å². The van der Waals surface area contributed by atoms with Crippen LogP contribution >= 0.6 is 0 Å². The third-order valence-corrected chi connectivity index (χ3v) is 5.56. The van der Waals surface area contributed by atoms with Crippen LogP contribution in [0.5, 0.6) is 0 Å². The molecule has 1 aromatic heterocycles. The van der Waals surface area contributed by atoms with Gasteiger partial charge in [0, 0.05) is 34.5 Å². The molecule has 2 unspecified atom stereocenters. The van der Waals surface area contributed by atoms with E-state index in [0.717, 1.165) is 27.7 Å². The van der Waals surface area contributed by atoms with E-state index in [1.54, 1.807) is 6.92 Å². The summed E-state index contributed by atoms with van der Waals surface area (Å²) in [4.78, 5) is 3.21. The average molecular weight is 338 g/mol. The van der Waals surface area contributed by atoms with Gasteiger partial charge in [-0.25, -0.2) is 4.39 Å². The number of benzene rings is 2. The summed E-state index contributed by atoms with van der Waals surface area (Å²) in [5.41, 5.74) is 4.22. The fourth-order valence-electron chi connectivity index (χ4n) is 4.04. The molecule has 25 heavy (non-hydrogen) atoms. The van der Waals surface area contributed by atoms with Gasteiger partial charge in [-0.2, -0.15) is 0 Å². The van der Waals surface area contributed by atoms with Gasteiger partial charge in [-0.15, -0.1) is 0 Å². The Kier molecular flexibility index (Phi) is 3.45. The summed E-state index contributed by atoms with van der Waals surface area (Å²) in [6, 6.07) is 9.76. The van der Waals surface area contributed by atoms with Gasteiger partial charge < -0.3 is 15.4 Å². The number of anilines is 1. The van der Waals surface area contributed by atoms with Crippen molar-refractivity contribution in [2.45, 2.75) is 45.3 Å². The summed E-state index contributed by atoms with van der Waals surface area (Å²) in [6.45, 7) is 7.70. The molecule has 2 aromatic carbocycles. The molecule has 0 saturated heterocycles. The van der Waals surface area contributed by atoms with E-state index in [0.29, 0.717) is 11.1 Å². The molecule has 0 saturated carbocycles. The van der Waals surface area contributed by atoms with Gasteiger partial charge in [0.25, 0.3) is 0 Å². The summed E-state index contributed by atoms with van der Waals surface area (Å²) in [6.07, 6.45) is 1.33. The average Bonchev–Trinajstić information content (AvgIpc) is 3.06. The van der Waals surface area contributed by atoms with E-state index >= 15 is 4.39 Å². The molecule has 1 aliphatic rings. The number of rotatable bonds is 1. The van der Waals surface area contributed by atoms with Gasteiger partial charge >= 0.3 is 0 Å². The monoisotopic (exact) mass is 338 g/mol. The van der Waals surface area contributed by atoms with E-state index in [-0.39, 0.29) is 11.7 Å². The van der Waals surface area contributed by atoms with Crippen LogP contribution in [0, 0.1) is 12.7 Å². The Labute approximate surface area is 146 Å². The zero-order chi connectivity index (χ0) is 17.9. The number of hydrogen-bond donors (Lipinski definition) is 3. The van der Waals surface area contributed by atoms with E-state index in [9.17, 15) is 5.11 Å². The highest BCUT2D eigenvalue weighted by atomic mass is 19.1. The SMILES string of the molecule is Cc1c(F)c(-c2cccc3cc[nH]c23)cc2c1NC(C)(C)C(O)C2C. The zero-order valence-corrected chi connectivity index (χ0v) is 14.9. The maximum absolute atomic E-state index is 15.3. The molecule has 0 amide bonds. The van der Waals surface area contributed by atoms with E-state index in [4.69, 9.17) is 0 Å². The molecule has 0 fully saturated rings. The minimum absolute atomic E-state index is 0.0767. The van der Waals surface area contributed by atoms with Crippen molar-refractivity contribution in [3.8, 4) is 11.1 Å².